The summed E-state index contributed by atoms with van der Waals surface area (Å²) in [5, 5.41) is 2.90. The number of benzene rings is 2. The second-order valence-corrected chi connectivity index (χ2v) is 5.66. The third-order valence-electron chi connectivity index (χ3n) is 3.52. The number of anilines is 3. The van der Waals surface area contributed by atoms with Crippen molar-refractivity contribution < 1.29 is 9.18 Å². The molecule has 0 saturated carbocycles. The molecule has 0 radical (unpaired) electrons. The zero-order chi connectivity index (χ0) is 17.8. The molecule has 0 unspecified atom stereocenters. The third kappa shape index (κ3) is 3.92. The van der Waals surface area contributed by atoms with E-state index < -0.39 is 5.82 Å². The van der Waals surface area contributed by atoms with Crippen LogP contribution in [0.3, 0.4) is 0 Å². The van der Waals surface area contributed by atoms with Gasteiger partial charge in [0.2, 0.25) is 5.95 Å². The number of nitrogens with zero attached hydrogens (tertiary/aromatic N) is 3. The van der Waals surface area contributed by atoms with Crippen molar-refractivity contribution in [2.24, 2.45) is 0 Å². The number of hydrogen-bond acceptors (Lipinski definition) is 4. The fraction of sp³-hybridized carbons (Fsp3) is 0.0556. The van der Waals surface area contributed by atoms with Crippen LogP contribution < -0.4 is 10.2 Å². The summed E-state index contributed by atoms with van der Waals surface area (Å²) in [6.07, 6.45) is 2.87. The molecule has 1 heterocycles. The van der Waals surface area contributed by atoms with Gasteiger partial charge in [0.25, 0.3) is 5.91 Å². The number of aromatic nitrogens is 2. The topological polar surface area (TPSA) is 58.1 Å². The van der Waals surface area contributed by atoms with Gasteiger partial charge in [-0.1, -0.05) is 29.8 Å². The number of amides is 1. The maximum atomic E-state index is 13.2. The van der Waals surface area contributed by atoms with Gasteiger partial charge >= 0.3 is 0 Å². The van der Waals surface area contributed by atoms with Gasteiger partial charge in [-0.2, -0.15) is 0 Å². The van der Waals surface area contributed by atoms with Crippen LogP contribution in [0.15, 0.2) is 60.9 Å². The summed E-state index contributed by atoms with van der Waals surface area (Å²) >= 11 is 5.73. The summed E-state index contributed by atoms with van der Waals surface area (Å²) in [4.78, 5) is 22.2. The molecule has 0 aliphatic heterocycles. The molecule has 0 fully saturated rings. The van der Waals surface area contributed by atoms with E-state index in [-0.39, 0.29) is 16.9 Å². The van der Waals surface area contributed by atoms with Gasteiger partial charge in [-0.3, -0.25) is 4.79 Å². The van der Waals surface area contributed by atoms with Crippen LogP contribution in [0.2, 0.25) is 5.02 Å². The average molecular weight is 357 g/mol. The van der Waals surface area contributed by atoms with Crippen LogP contribution in [0.5, 0.6) is 0 Å². The number of para-hydroxylation sites is 1. The van der Waals surface area contributed by atoms with E-state index in [1.54, 1.807) is 7.05 Å². The molecule has 3 aromatic rings. The molecule has 0 spiro atoms. The highest BCUT2D eigenvalue weighted by atomic mass is 35.5. The Balaban J connectivity index is 1.73. The van der Waals surface area contributed by atoms with E-state index in [0.717, 1.165) is 5.69 Å². The standard InChI is InChI=1S/C18H14ClFN4O/c1-24(14-5-3-2-4-6-14)17(25)12-10-21-18(22-11-12)23-13-7-8-16(20)15(19)9-13/h2-11H,1H3,(H,21,22,23). The number of nitrogens with one attached hydrogen (secondary N) is 1. The first-order valence-corrected chi connectivity index (χ1v) is 7.79. The molecule has 0 atom stereocenters. The van der Waals surface area contributed by atoms with Crippen molar-refractivity contribution in [2.45, 2.75) is 0 Å². The predicted octanol–water partition coefficient (Wildman–Crippen LogP) is 4.29. The monoisotopic (exact) mass is 356 g/mol. The Morgan fingerprint density at radius 1 is 1.12 bits per heavy atom. The minimum atomic E-state index is -0.502. The molecule has 5 nitrogen and oxygen atoms in total. The van der Waals surface area contributed by atoms with Crippen LogP contribution in [0, 0.1) is 5.82 Å². The number of rotatable bonds is 4. The lowest BCUT2D eigenvalue weighted by Gasteiger charge is -2.17. The molecule has 7 heteroatoms. The summed E-state index contributed by atoms with van der Waals surface area (Å²) in [6, 6.07) is 13.5. The molecule has 1 N–H and O–H groups in total. The fourth-order valence-electron chi connectivity index (χ4n) is 2.17. The number of hydrogen-bond donors (Lipinski definition) is 1. The summed E-state index contributed by atoms with van der Waals surface area (Å²) < 4.78 is 13.2. The Labute approximate surface area is 149 Å². The normalized spacial score (nSPS) is 10.4. The highest BCUT2D eigenvalue weighted by molar-refractivity contribution is 6.31. The first kappa shape index (κ1) is 16.9. The van der Waals surface area contributed by atoms with Crippen LogP contribution in [-0.4, -0.2) is 22.9 Å². The molecule has 1 aromatic heterocycles. The molecule has 25 heavy (non-hydrogen) atoms. The van der Waals surface area contributed by atoms with Crippen molar-refractivity contribution in [2.75, 3.05) is 17.3 Å². The van der Waals surface area contributed by atoms with Gasteiger partial charge in [0.05, 0.1) is 10.6 Å². The molecular formula is C18H14ClFN4O. The largest absolute Gasteiger partial charge is 0.324 e. The van der Waals surface area contributed by atoms with E-state index in [2.05, 4.69) is 15.3 Å². The van der Waals surface area contributed by atoms with Crippen molar-refractivity contribution in [3.05, 3.63) is 77.3 Å². The molecule has 1 amide bonds. The van der Waals surface area contributed by atoms with Crippen molar-refractivity contribution in [1.29, 1.82) is 0 Å². The zero-order valence-corrected chi connectivity index (χ0v) is 14.0. The van der Waals surface area contributed by atoms with E-state index in [9.17, 15) is 9.18 Å². The number of halogens is 2. The Morgan fingerprint density at radius 3 is 2.44 bits per heavy atom. The van der Waals surface area contributed by atoms with Gasteiger partial charge in [0.15, 0.2) is 0 Å². The van der Waals surface area contributed by atoms with Gasteiger partial charge in [-0.05, 0) is 30.3 Å². The smallest absolute Gasteiger partial charge is 0.261 e. The van der Waals surface area contributed by atoms with Crippen molar-refractivity contribution >= 4 is 34.8 Å². The maximum Gasteiger partial charge on any atom is 0.261 e. The van der Waals surface area contributed by atoms with Gasteiger partial charge in [0, 0.05) is 30.8 Å². The molecule has 2 aromatic carbocycles. The highest BCUT2D eigenvalue weighted by Gasteiger charge is 2.14. The minimum Gasteiger partial charge on any atom is -0.324 e. The lowest BCUT2D eigenvalue weighted by atomic mass is 10.2. The van der Waals surface area contributed by atoms with Crippen molar-refractivity contribution in [3.8, 4) is 0 Å². The van der Waals surface area contributed by atoms with E-state index in [1.807, 2.05) is 30.3 Å². The lowest BCUT2D eigenvalue weighted by Crippen LogP contribution is -2.26. The molecule has 0 bridgehead atoms. The second kappa shape index (κ2) is 7.27. The first-order valence-electron chi connectivity index (χ1n) is 7.42. The highest BCUT2D eigenvalue weighted by Crippen LogP contribution is 2.21. The van der Waals surface area contributed by atoms with Crippen LogP contribution in [-0.2, 0) is 0 Å². The Kier molecular flexibility index (Phi) is 4.90. The molecule has 0 saturated heterocycles. The Bertz CT molecular complexity index is 887. The molecule has 0 aliphatic rings. The van der Waals surface area contributed by atoms with E-state index in [1.165, 1.54) is 35.5 Å². The molecule has 3 rings (SSSR count). The van der Waals surface area contributed by atoms with Crippen LogP contribution in [0.25, 0.3) is 0 Å². The van der Waals surface area contributed by atoms with Crippen molar-refractivity contribution in [3.63, 3.8) is 0 Å². The summed E-state index contributed by atoms with van der Waals surface area (Å²) in [7, 11) is 1.68. The summed E-state index contributed by atoms with van der Waals surface area (Å²) in [5.74, 6) is -0.442. The van der Waals surface area contributed by atoms with Gasteiger partial charge in [-0.25, -0.2) is 14.4 Å². The van der Waals surface area contributed by atoms with E-state index >= 15 is 0 Å². The van der Waals surface area contributed by atoms with Gasteiger partial charge in [-0.15, -0.1) is 0 Å². The number of carbonyl (C=O) groups excluding carboxylic acids is 1. The van der Waals surface area contributed by atoms with Gasteiger partial charge < -0.3 is 10.2 Å². The predicted molar refractivity (Wildman–Crippen MR) is 95.9 cm³/mol. The van der Waals surface area contributed by atoms with E-state index in [0.29, 0.717) is 11.3 Å². The summed E-state index contributed by atoms with van der Waals surface area (Å²) in [5.41, 5.74) is 1.68. The fourth-order valence-corrected chi connectivity index (χ4v) is 2.35. The Morgan fingerprint density at radius 2 is 1.80 bits per heavy atom. The van der Waals surface area contributed by atoms with Crippen molar-refractivity contribution in [1.82, 2.24) is 9.97 Å². The Hall–Kier alpha value is -2.99. The SMILES string of the molecule is CN(C(=O)c1cnc(Nc2ccc(F)c(Cl)c2)nc1)c1ccccc1. The lowest BCUT2D eigenvalue weighted by molar-refractivity contribution is 0.0992. The van der Waals surface area contributed by atoms with Crippen LogP contribution in [0.4, 0.5) is 21.7 Å². The number of carbonyl (C=O) groups is 1. The second-order valence-electron chi connectivity index (χ2n) is 5.25. The van der Waals surface area contributed by atoms with Crippen LogP contribution >= 0.6 is 11.6 Å². The molecule has 0 aliphatic carbocycles. The molecule has 126 valence electrons. The summed E-state index contributed by atoms with van der Waals surface area (Å²) in [6.45, 7) is 0. The average Bonchev–Trinajstić information content (AvgIpc) is 2.65. The third-order valence-corrected chi connectivity index (χ3v) is 3.81. The van der Waals surface area contributed by atoms with Gasteiger partial charge in [0.1, 0.15) is 5.82 Å². The molecular weight excluding hydrogens is 343 g/mol. The van der Waals surface area contributed by atoms with E-state index in [4.69, 9.17) is 11.6 Å². The quantitative estimate of drug-likeness (QED) is 0.757. The minimum absolute atomic E-state index is 0.00119. The first-order chi connectivity index (χ1) is 12.0. The maximum absolute atomic E-state index is 13.2. The van der Waals surface area contributed by atoms with Crippen LogP contribution in [0.1, 0.15) is 10.4 Å². The zero-order valence-electron chi connectivity index (χ0n) is 13.3.